The first-order valence-corrected chi connectivity index (χ1v) is 7.22. The number of ether oxygens (including phenoxy) is 1. The second-order valence-corrected chi connectivity index (χ2v) is 5.84. The van der Waals surface area contributed by atoms with Gasteiger partial charge in [0.15, 0.2) is 0 Å². The van der Waals surface area contributed by atoms with Gasteiger partial charge in [-0.15, -0.1) is 0 Å². The van der Waals surface area contributed by atoms with E-state index in [4.69, 9.17) is 4.74 Å². The Morgan fingerprint density at radius 2 is 2.32 bits per heavy atom. The van der Waals surface area contributed by atoms with E-state index >= 15 is 0 Å². The van der Waals surface area contributed by atoms with Gasteiger partial charge < -0.3 is 20.1 Å². The Morgan fingerprint density at radius 1 is 1.58 bits per heavy atom. The van der Waals surface area contributed by atoms with E-state index in [2.05, 4.69) is 10.2 Å². The first kappa shape index (κ1) is 16.4. The van der Waals surface area contributed by atoms with Gasteiger partial charge in [0.25, 0.3) is 0 Å². The van der Waals surface area contributed by atoms with Crippen molar-refractivity contribution in [2.75, 3.05) is 39.9 Å². The topological polar surface area (TPSA) is 61.8 Å². The number of rotatable bonds is 8. The van der Waals surface area contributed by atoms with Gasteiger partial charge in [0.05, 0.1) is 6.61 Å². The summed E-state index contributed by atoms with van der Waals surface area (Å²) < 4.78 is 5.47. The van der Waals surface area contributed by atoms with Gasteiger partial charge in [0.1, 0.15) is 5.54 Å². The average molecular weight is 272 g/mol. The van der Waals surface area contributed by atoms with Crippen molar-refractivity contribution in [1.29, 1.82) is 0 Å². The number of carboxylic acids is 1. The van der Waals surface area contributed by atoms with Crippen LogP contribution in [0.5, 0.6) is 0 Å². The maximum atomic E-state index is 11.4. The molecule has 1 aliphatic rings. The molecule has 0 aromatic rings. The summed E-state index contributed by atoms with van der Waals surface area (Å²) in [5, 5.41) is 12.5. The van der Waals surface area contributed by atoms with Gasteiger partial charge in [-0.05, 0) is 45.7 Å². The summed E-state index contributed by atoms with van der Waals surface area (Å²) in [5.41, 5.74) is -0.875. The van der Waals surface area contributed by atoms with Crippen LogP contribution in [0, 0.1) is 5.92 Å². The Hall–Kier alpha value is -0.650. The number of hydrogen-bond donors (Lipinski definition) is 2. The van der Waals surface area contributed by atoms with Crippen molar-refractivity contribution >= 4 is 5.97 Å². The zero-order chi connectivity index (χ0) is 14.3. The molecule has 2 N–H and O–H groups in total. The first-order chi connectivity index (χ1) is 8.98. The molecule has 5 heteroatoms. The van der Waals surface area contributed by atoms with Gasteiger partial charge in [0, 0.05) is 19.7 Å². The van der Waals surface area contributed by atoms with Gasteiger partial charge in [-0.1, -0.05) is 6.92 Å². The van der Waals surface area contributed by atoms with Crippen LogP contribution in [0.3, 0.4) is 0 Å². The molecule has 1 saturated heterocycles. The summed E-state index contributed by atoms with van der Waals surface area (Å²) in [5.74, 6) is -0.254. The molecule has 0 radical (unpaired) electrons. The molecule has 0 bridgehead atoms. The van der Waals surface area contributed by atoms with Gasteiger partial charge in [0.2, 0.25) is 0 Å². The lowest BCUT2D eigenvalue weighted by Gasteiger charge is -2.33. The van der Waals surface area contributed by atoms with E-state index in [-0.39, 0.29) is 0 Å². The SMILES string of the molecule is CCCNC(C)(CN(C)CC1CCCOC1)C(=O)O. The quantitative estimate of drug-likeness (QED) is 0.695. The Kier molecular flexibility index (Phi) is 6.75. The van der Waals surface area contributed by atoms with Crippen LogP contribution in [0.25, 0.3) is 0 Å². The third kappa shape index (κ3) is 5.47. The lowest BCUT2D eigenvalue weighted by atomic mass is 9.98. The van der Waals surface area contributed by atoms with E-state index < -0.39 is 11.5 Å². The van der Waals surface area contributed by atoms with Crippen LogP contribution in [0.4, 0.5) is 0 Å². The largest absolute Gasteiger partial charge is 0.480 e. The molecule has 1 fully saturated rings. The minimum absolute atomic E-state index is 0.513. The molecular formula is C14H28N2O3. The highest BCUT2D eigenvalue weighted by Gasteiger charge is 2.34. The fourth-order valence-electron chi connectivity index (χ4n) is 2.60. The van der Waals surface area contributed by atoms with Gasteiger partial charge in [-0.25, -0.2) is 0 Å². The molecule has 0 aliphatic carbocycles. The standard InChI is InChI=1S/C14H28N2O3/c1-4-7-15-14(2,13(17)18)11-16(3)9-12-6-5-8-19-10-12/h12,15H,4-11H2,1-3H3,(H,17,18). The predicted molar refractivity (Wildman–Crippen MR) is 75.4 cm³/mol. The molecule has 0 amide bonds. The smallest absolute Gasteiger partial charge is 0.324 e. The first-order valence-electron chi connectivity index (χ1n) is 7.22. The fraction of sp³-hybridized carbons (Fsp3) is 0.929. The number of likely N-dealkylation sites (N-methyl/N-ethyl adjacent to an activating group) is 1. The molecule has 0 saturated carbocycles. The third-order valence-electron chi connectivity index (χ3n) is 3.65. The van der Waals surface area contributed by atoms with Crippen molar-refractivity contribution in [2.45, 2.75) is 38.6 Å². The summed E-state index contributed by atoms with van der Waals surface area (Å²) in [4.78, 5) is 13.5. The third-order valence-corrected chi connectivity index (χ3v) is 3.65. The maximum Gasteiger partial charge on any atom is 0.324 e. The lowest BCUT2D eigenvalue weighted by molar-refractivity contribution is -0.145. The number of aliphatic carboxylic acids is 1. The molecule has 5 nitrogen and oxygen atoms in total. The zero-order valence-corrected chi connectivity index (χ0v) is 12.4. The van der Waals surface area contributed by atoms with Crippen LogP contribution in [-0.4, -0.2) is 61.4 Å². The summed E-state index contributed by atoms with van der Waals surface area (Å²) >= 11 is 0. The van der Waals surface area contributed by atoms with Crippen LogP contribution < -0.4 is 5.32 Å². The Balaban J connectivity index is 2.45. The van der Waals surface area contributed by atoms with E-state index in [1.54, 1.807) is 6.92 Å². The summed E-state index contributed by atoms with van der Waals surface area (Å²) in [6.45, 7) is 7.61. The predicted octanol–water partition coefficient (Wildman–Crippen LogP) is 1.19. The van der Waals surface area contributed by atoms with Crippen LogP contribution in [0.2, 0.25) is 0 Å². The molecule has 112 valence electrons. The Labute approximate surface area is 116 Å². The van der Waals surface area contributed by atoms with Crippen molar-refractivity contribution < 1.29 is 14.6 Å². The average Bonchev–Trinajstić information content (AvgIpc) is 2.37. The van der Waals surface area contributed by atoms with Crippen LogP contribution in [-0.2, 0) is 9.53 Å². The van der Waals surface area contributed by atoms with Crippen molar-refractivity contribution in [3.63, 3.8) is 0 Å². The summed E-state index contributed by atoms with van der Waals surface area (Å²) in [6, 6.07) is 0. The number of hydrogen-bond acceptors (Lipinski definition) is 4. The number of nitrogens with one attached hydrogen (secondary N) is 1. The molecule has 1 rings (SSSR count). The molecule has 1 heterocycles. The van der Waals surface area contributed by atoms with E-state index in [0.717, 1.165) is 39.1 Å². The summed E-state index contributed by atoms with van der Waals surface area (Å²) in [7, 11) is 1.99. The molecule has 0 aromatic carbocycles. The number of nitrogens with zero attached hydrogens (tertiary/aromatic N) is 1. The van der Waals surface area contributed by atoms with E-state index in [1.807, 2.05) is 14.0 Å². The zero-order valence-electron chi connectivity index (χ0n) is 12.4. The molecule has 0 aromatic heterocycles. The second kappa shape index (κ2) is 7.82. The van der Waals surface area contributed by atoms with Crippen LogP contribution in [0.1, 0.15) is 33.1 Å². The second-order valence-electron chi connectivity index (χ2n) is 5.84. The Bertz CT molecular complexity index is 280. The maximum absolute atomic E-state index is 11.4. The fourth-order valence-corrected chi connectivity index (χ4v) is 2.60. The van der Waals surface area contributed by atoms with Crippen molar-refractivity contribution in [3.05, 3.63) is 0 Å². The molecular weight excluding hydrogens is 244 g/mol. The van der Waals surface area contributed by atoms with E-state index in [9.17, 15) is 9.90 Å². The minimum Gasteiger partial charge on any atom is -0.480 e. The van der Waals surface area contributed by atoms with Gasteiger partial charge in [-0.3, -0.25) is 4.79 Å². The van der Waals surface area contributed by atoms with Crippen molar-refractivity contribution in [2.24, 2.45) is 5.92 Å². The van der Waals surface area contributed by atoms with Crippen LogP contribution in [0.15, 0.2) is 0 Å². The minimum atomic E-state index is -0.875. The molecule has 2 atom stereocenters. The lowest BCUT2D eigenvalue weighted by Crippen LogP contribution is -2.57. The van der Waals surface area contributed by atoms with E-state index in [1.165, 1.54) is 6.42 Å². The van der Waals surface area contributed by atoms with Gasteiger partial charge >= 0.3 is 5.97 Å². The van der Waals surface area contributed by atoms with Crippen molar-refractivity contribution in [3.8, 4) is 0 Å². The van der Waals surface area contributed by atoms with Crippen molar-refractivity contribution in [1.82, 2.24) is 10.2 Å². The normalized spacial score (nSPS) is 23.3. The Morgan fingerprint density at radius 3 is 2.84 bits per heavy atom. The molecule has 1 aliphatic heterocycles. The number of carboxylic acid groups (broad SMARTS) is 1. The summed E-state index contributed by atoms with van der Waals surface area (Å²) in [6.07, 6.45) is 3.22. The van der Waals surface area contributed by atoms with Crippen LogP contribution >= 0.6 is 0 Å². The molecule has 2 unspecified atom stereocenters. The highest BCUT2D eigenvalue weighted by Crippen LogP contribution is 2.16. The molecule has 19 heavy (non-hydrogen) atoms. The van der Waals surface area contributed by atoms with E-state index in [0.29, 0.717) is 12.5 Å². The highest BCUT2D eigenvalue weighted by atomic mass is 16.5. The molecule has 0 spiro atoms. The highest BCUT2D eigenvalue weighted by molar-refractivity contribution is 5.78. The van der Waals surface area contributed by atoms with Gasteiger partial charge in [-0.2, -0.15) is 0 Å². The number of carbonyl (C=O) groups is 1. The monoisotopic (exact) mass is 272 g/mol.